The largest absolute Gasteiger partial charge is 0.478 e. The van der Waals surface area contributed by atoms with Crippen LogP contribution < -0.4 is 5.32 Å². The number of nitrogens with zero attached hydrogens (tertiary/aromatic N) is 2. The molecular weight excluding hydrogens is 470 g/mol. The minimum atomic E-state index is -1.05. The van der Waals surface area contributed by atoms with Crippen LogP contribution in [0.15, 0.2) is 76.5 Å². The van der Waals surface area contributed by atoms with Crippen LogP contribution in [0.25, 0.3) is 22.2 Å². The van der Waals surface area contributed by atoms with Gasteiger partial charge < -0.3 is 19.4 Å². The number of amides is 2. The molecule has 4 heterocycles. The zero-order valence-corrected chi connectivity index (χ0v) is 20.6. The first-order valence-corrected chi connectivity index (χ1v) is 12.1. The van der Waals surface area contributed by atoms with Crippen LogP contribution in [0.3, 0.4) is 0 Å². The Bertz CT molecular complexity index is 1650. The van der Waals surface area contributed by atoms with E-state index in [1.54, 1.807) is 30.3 Å². The molecule has 1 unspecified atom stereocenters. The Morgan fingerprint density at radius 2 is 1.86 bits per heavy atom. The molecule has 0 radical (unpaired) electrons. The van der Waals surface area contributed by atoms with Crippen LogP contribution in [0, 0.1) is 0 Å². The highest BCUT2D eigenvalue weighted by Crippen LogP contribution is 2.47. The molecule has 37 heavy (non-hydrogen) atoms. The summed E-state index contributed by atoms with van der Waals surface area (Å²) in [5.41, 5.74) is 4.49. The van der Waals surface area contributed by atoms with Gasteiger partial charge >= 0.3 is 5.97 Å². The number of rotatable bonds is 4. The number of furan rings is 1. The van der Waals surface area contributed by atoms with Crippen molar-refractivity contribution in [2.24, 2.45) is 0 Å². The monoisotopic (exact) mass is 495 g/mol. The molecule has 0 aliphatic carbocycles. The lowest BCUT2D eigenvalue weighted by atomic mass is 9.88. The number of carboxylic acid groups (broad SMARTS) is 1. The molecule has 2 aromatic heterocycles. The molecule has 2 aliphatic heterocycles. The van der Waals surface area contributed by atoms with Gasteiger partial charge in [0.25, 0.3) is 5.91 Å². The third-order valence-electron chi connectivity index (χ3n) is 7.16. The minimum absolute atomic E-state index is 0.129. The number of hydrogen-bond donors (Lipinski definition) is 2. The van der Waals surface area contributed by atoms with Crippen LogP contribution in [0.5, 0.6) is 0 Å². The Labute approximate surface area is 212 Å². The summed E-state index contributed by atoms with van der Waals surface area (Å²) in [5.74, 6) is -1.42. The van der Waals surface area contributed by atoms with Crippen LogP contribution in [0.2, 0.25) is 0 Å². The Balaban J connectivity index is 1.59. The second kappa shape index (κ2) is 8.23. The normalized spacial score (nSPS) is 16.8. The average molecular weight is 496 g/mol. The molecule has 4 aromatic rings. The fraction of sp³-hybridized carbons (Fsp3) is 0.207. The average Bonchev–Trinajstić information content (AvgIpc) is 3.55. The van der Waals surface area contributed by atoms with Crippen molar-refractivity contribution in [3.8, 4) is 11.3 Å². The molecule has 186 valence electrons. The Morgan fingerprint density at radius 3 is 2.59 bits per heavy atom. The summed E-state index contributed by atoms with van der Waals surface area (Å²) < 4.78 is 8.50. The number of carbonyl (C=O) groups is 3. The van der Waals surface area contributed by atoms with Crippen LogP contribution in [0.1, 0.15) is 54.4 Å². The second-order valence-corrected chi connectivity index (χ2v) is 9.70. The van der Waals surface area contributed by atoms with E-state index >= 15 is 0 Å². The number of aromatic nitrogens is 1. The number of anilines is 1. The number of nitrogens with one attached hydrogen (secondary N) is 1. The molecule has 0 bridgehead atoms. The van der Waals surface area contributed by atoms with E-state index in [0.29, 0.717) is 28.4 Å². The van der Waals surface area contributed by atoms with Gasteiger partial charge in [-0.25, -0.2) is 4.79 Å². The van der Waals surface area contributed by atoms with Gasteiger partial charge in [-0.15, -0.1) is 0 Å². The van der Waals surface area contributed by atoms with Crippen molar-refractivity contribution in [3.05, 3.63) is 89.0 Å². The molecule has 8 heteroatoms. The Hall–Kier alpha value is -4.59. The fourth-order valence-corrected chi connectivity index (χ4v) is 5.49. The highest BCUT2D eigenvalue weighted by molar-refractivity contribution is 6.11. The van der Waals surface area contributed by atoms with E-state index in [1.165, 1.54) is 17.9 Å². The zero-order chi connectivity index (χ0) is 26.0. The first-order valence-electron chi connectivity index (χ1n) is 12.1. The lowest BCUT2D eigenvalue weighted by molar-refractivity contribution is -0.139. The smallest absolute Gasteiger partial charge is 0.336 e. The van der Waals surface area contributed by atoms with Gasteiger partial charge in [0.1, 0.15) is 11.5 Å². The molecule has 0 spiro atoms. The Kier molecular flexibility index (Phi) is 5.08. The number of carbonyl (C=O) groups excluding carboxylic acids is 2. The predicted octanol–water partition coefficient (Wildman–Crippen LogP) is 5.38. The maximum absolute atomic E-state index is 13.6. The number of aromatic carboxylic acids is 1. The van der Waals surface area contributed by atoms with Crippen molar-refractivity contribution in [3.63, 3.8) is 0 Å². The van der Waals surface area contributed by atoms with Crippen LogP contribution in [-0.2, 0) is 9.59 Å². The summed E-state index contributed by atoms with van der Waals surface area (Å²) >= 11 is 0. The molecule has 8 nitrogen and oxygen atoms in total. The van der Waals surface area contributed by atoms with E-state index < -0.39 is 11.9 Å². The fourth-order valence-electron chi connectivity index (χ4n) is 5.49. The summed E-state index contributed by atoms with van der Waals surface area (Å²) in [6.45, 7) is 5.73. The number of imide groups is 1. The molecule has 2 N–H and O–H groups in total. The van der Waals surface area contributed by atoms with Gasteiger partial charge in [-0.05, 0) is 49.7 Å². The van der Waals surface area contributed by atoms with E-state index in [9.17, 15) is 19.5 Å². The quantitative estimate of drug-likeness (QED) is 0.394. The van der Waals surface area contributed by atoms with Crippen molar-refractivity contribution in [1.29, 1.82) is 0 Å². The molecular formula is C29H25N3O5. The van der Waals surface area contributed by atoms with E-state index in [-0.39, 0.29) is 30.0 Å². The van der Waals surface area contributed by atoms with Crippen LogP contribution in [-0.4, -0.2) is 38.9 Å². The molecule has 2 amide bonds. The summed E-state index contributed by atoms with van der Waals surface area (Å²) in [6.07, 6.45) is 2.05. The molecule has 6 rings (SSSR count). The predicted molar refractivity (Wildman–Crippen MR) is 138 cm³/mol. The zero-order valence-electron chi connectivity index (χ0n) is 20.6. The standard InChI is InChI=1S/C29H25N3O5/c1-15(2)31-13-19-25-20(9-6-10-22(25)31)30-21-14-32(16(3)33)28(34)27(21)26(19)24-12-11-23(37-24)17-7-4-5-8-18(17)29(35)36/h4-13,15,26,30H,14H2,1-3H3,(H,35,36). The molecule has 1 atom stereocenters. The number of hydrogen-bond acceptors (Lipinski definition) is 5. The summed E-state index contributed by atoms with van der Waals surface area (Å²) in [7, 11) is 0. The third-order valence-corrected chi connectivity index (χ3v) is 7.16. The minimum Gasteiger partial charge on any atom is -0.478 e. The summed E-state index contributed by atoms with van der Waals surface area (Å²) in [4.78, 5) is 39.0. The van der Waals surface area contributed by atoms with Gasteiger partial charge in [-0.2, -0.15) is 0 Å². The molecule has 2 aliphatic rings. The molecule has 2 aromatic carbocycles. The van der Waals surface area contributed by atoms with Gasteiger partial charge in [-0.1, -0.05) is 24.3 Å². The Morgan fingerprint density at radius 1 is 1.08 bits per heavy atom. The lowest BCUT2D eigenvalue weighted by Crippen LogP contribution is -2.33. The first-order chi connectivity index (χ1) is 17.8. The van der Waals surface area contributed by atoms with Gasteiger partial charge in [0.15, 0.2) is 0 Å². The van der Waals surface area contributed by atoms with E-state index in [2.05, 4.69) is 36.0 Å². The van der Waals surface area contributed by atoms with E-state index in [1.807, 2.05) is 12.1 Å². The van der Waals surface area contributed by atoms with Crippen molar-refractivity contribution < 1.29 is 23.9 Å². The number of benzene rings is 2. The first kappa shape index (κ1) is 22.8. The van der Waals surface area contributed by atoms with Crippen molar-refractivity contribution >= 4 is 34.4 Å². The van der Waals surface area contributed by atoms with Crippen molar-refractivity contribution in [1.82, 2.24) is 9.47 Å². The van der Waals surface area contributed by atoms with E-state index in [4.69, 9.17) is 4.42 Å². The summed E-state index contributed by atoms with van der Waals surface area (Å²) in [6, 6.07) is 16.4. The van der Waals surface area contributed by atoms with Crippen LogP contribution >= 0.6 is 0 Å². The molecule has 0 fully saturated rings. The lowest BCUT2D eigenvalue weighted by Gasteiger charge is -2.17. The molecule has 0 saturated carbocycles. The van der Waals surface area contributed by atoms with Crippen molar-refractivity contribution in [2.45, 2.75) is 32.7 Å². The van der Waals surface area contributed by atoms with Crippen LogP contribution in [0.4, 0.5) is 5.69 Å². The number of carboxylic acids is 1. The van der Waals surface area contributed by atoms with Gasteiger partial charge in [0.05, 0.1) is 29.1 Å². The van der Waals surface area contributed by atoms with Gasteiger partial charge in [-0.3, -0.25) is 14.5 Å². The highest BCUT2D eigenvalue weighted by atomic mass is 16.4. The van der Waals surface area contributed by atoms with Crippen molar-refractivity contribution in [2.75, 3.05) is 11.9 Å². The second-order valence-electron chi connectivity index (χ2n) is 9.70. The van der Waals surface area contributed by atoms with E-state index in [0.717, 1.165) is 22.2 Å². The van der Waals surface area contributed by atoms with Gasteiger partial charge in [0.2, 0.25) is 5.91 Å². The topological polar surface area (TPSA) is 105 Å². The third kappa shape index (κ3) is 3.40. The maximum Gasteiger partial charge on any atom is 0.336 e. The highest BCUT2D eigenvalue weighted by Gasteiger charge is 2.43. The SMILES string of the molecule is CC(=O)N1CC2=C(C1=O)C(c1ccc(-c3ccccc3C(=O)O)o1)c1cn(C(C)C)c3cccc(c13)N2. The van der Waals surface area contributed by atoms with Gasteiger partial charge in [0, 0.05) is 41.5 Å². The molecule has 0 saturated heterocycles. The maximum atomic E-state index is 13.6. The summed E-state index contributed by atoms with van der Waals surface area (Å²) in [5, 5.41) is 14.1.